The Bertz CT molecular complexity index is 1210. The van der Waals surface area contributed by atoms with Gasteiger partial charge in [0.15, 0.2) is 6.61 Å². The number of nitrogens with one attached hydrogen (secondary N) is 1. The molecule has 1 saturated carbocycles. The van der Waals surface area contributed by atoms with Gasteiger partial charge in [-0.3, -0.25) is 4.79 Å². The minimum atomic E-state index is -0.121. The van der Waals surface area contributed by atoms with Crippen LogP contribution in [0.1, 0.15) is 25.7 Å². The van der Waals surface area contributed by atoms with Crippen molar-refractivity contribution in [1.82, 2.24) is 19.9 Å². The van der Waals surface area contributed by atoms with Gasteiger partial charge in [0.25, 0.3) is 5.91 Å². The molecule has 0 atom stereocenters. The summed E-state index contributed by atoms with van der Waals surface area (Å²) in [4.78, 5) is 29.2. The highest BCUT2D eigenvalue weighted by atomic mass is 16.5. The molecule has 2 aromatic heterocycles. The highest BCUT2D eigenvalue weighted by Gasteiger charge is 2.25. The molecule has 1 amide bonds. The number of rotatable bonds is 8. The third kappa shape index (κ3) is 6.37. The number of amides is 1. The molecule has 1 aliphatic heterocycles. The van der Waals surface area contributed by atoms with Crippen molar-refractivity contribution in [3.63, 3.8) is 0 Å². The van der Waals surface area contributed by atoms with Crippen LogP contribution in [0.4, 0.5) is 11.8 Å². The predicted octanol–water partition coefficient (Wildman–Crippen LogP) is 3.13. The monoisotopic (exact) mass is 506 g/mol. The molecule has 3 heterocycles. The molecule has 0 bridgehead atoms. The number of likely N-dealkylation sites (N-methyl/N-ethyl adjacent to an activating group) is 1. The summed E-state index contributed by atoms with van der Waals surface area (Å²) in [5, 5.41) is 5.59. The van der Waals surface area contributed by atoms with E-state index in [1.165, 1.54) is 4.90 Å². The van der Waals surface area contributed by atoms with Gasteiger partial charge in [0, 0.05) is 50.9 Å². The summed E-state index contributed by atoms with van der Waals surface area (Å²) in [6.45, 7) is 3.05. The summed E-state index contributed by atoms with van der Waals surface area (Å²) < 4.78 is 17.5. The Labute approximate surface area is 216 Å². The molecule has 0 radical (unpaired) electrons. The van der Waals surface area contributed by atoms with Gasteiger partial charge >= 0.3 is 0 Å². The number of anilines is 2. The van der Waals surface area contributed by atoms with Crippen molar-refractivity contribution in [3.8, 4) is 11.8 Å². The van der Waals surface area contributed by atoms with Crippen LogP contribution in [0.2, 0.25) is 0 Å². The van der Waals surface area contributed by atoms with E-state index in [2.05, 4.69) is 38.4 Å². The molecule has 1 aliphatic carbocycles. The molecule has 10 nitrogen and oxygen atoms in total. The molecule has 1 aromatic carbocycles. The molecule has 2 aliphatic rings. The van der Waals surface area contributed by atoms with Crippen LogP contribution in [0.15, 0.2) is 42.6 Å². The Balaban J connectivity index is 1.19. The van der Waals surface area contributed by atoms with E-state index in [1.807, 2.05) is 12.1 Å². The van der Waals surface area contributed by atoms with Gasteiger partial charge in [-0.05, 0) is 43.2 Å². The molecule has 196 valence electrons. The van der Waals surface area contributed by atoms with E-state index < -0.39 is 0 Å². The molecular formula is C27H34N6O4. The second kappa shape index (κ2) is 11.6. The summed E-state index contributed by atoms with van der Waals surface area (Å²) in [7, 11) is 3.39. The summed E-state index contributed by atoms with van der Waals surface area (Å²) in [6.07, 6.45) is 5.41. The standard InChI is InChI=1S/C27H34N6O4/c1-32(2)25(34)18-36-24-11-12-28-27(31-24)29-20-7-9-21(10-8-20)37-26-22-6-4-3-5-19(22)17-23(30-26)33-13-15-35-16-14-33/h3-6,11-12,17,20-21H,7-10,13-16,18H2,1-2H3,(H,28,29,31). The largest absolute Gasteiger partial charge is 0.474 e. The van der Waals surface area contributed by atoms with E-state index in [0.29, 0.717) is 30.9 Å². The fourth-order valence-corrected chi connectivity index (χ4v) is 4.62. The quantitative estimate of drug-likeness (QED) is 0.494. The zero-order valence-electron chi connectivity index (χ0n) is 21.4. The van der Waals surface area contributed by atoms with Crippen LogP contribution < -0.4 is 19.7 Å². The minimum Gasteiger partial charge on any atom is -0.474 e. The van der Waals surface area contributed by atoms with E-state index in [-0.39, 0.29) is 24.7 Å². The van der Waals surface area contributed by atoms with Crippen LogP contribution in [0.5, 0.6) is 11.8 Å². The maximum atomic E-state index is 11.8. The van der Waals surface area contributed by atoms with Crippen LogP contribution in [0.25, 0.3) is 10.8 Å². The molecule has 0 unspecified atom stereocenters. The van der Waals surface area contributed by atoms with Crippen molar-refractivity contribution < 1.29 is 19.0 Å². The van der Waals surface area contributed by atoms with Crippen LogP contribution >= 0.6 is 0 Å². The Kier molecular flexibility index (Phi) is 7.84. The number of nitrogens with zero attached hydrogens (tertiary/aromatic N) is 5. The van der Waals surface area contributed by atoms with Crippen LogP contribution in [0, 0.1) is 0 Å². The average Bonchev–Trinajstić information content (AvgIpc) is 2.93. The zero-order valence-corrected chi connectivity index (χ0v) is 21.4. The molecule has 5 rings (SSSR count). The van der Waals surface area contributed by atoms with Gasteiger partial charge < -0.3 is 29.3 Å². The molecule has 0 spiro atoms. The fourth-order valence-electron chi connectivity index (χ4n) is 4.62. The van der Waals surface area contributed by atoms with Crippen molar-refractivity contribution in [2.24, 2.45) is 0 Å². The first-order chi connectivity index (χ1) is 18.0. The number of carbonyl (C=O) groups is 1. The van der Waals surface area contributed by atoms with Gasteiger partial charge in [-0.2, -0.15) is 9.97 Å². The molecule has 1 saturated heterocycles. The van der Waals surface area contributed by atoms with Crippen molar-refractivity contribution in [3.05, 3.63) is 42.6 Å². The van der Waals surface area contributed by atoms with Crippen molar-refractivity contribution >= 4 is 28.4 Å². The second-order valence-corrected chi connectivity index (χ2v) is 9.64. The summed E-state index contributed by atoms with van der Waals surface area (Å²) in [5.41, 5.74) is 0. The number of ether oxygens (including phenoxy) is 3. The van der Waals surface area contributed by atoms with Crippen LogP contribution in [-0.4, -0.2) is 84.9 Å². The van der Waals surface area contributed by atoms with Gasteiger partial charge in [0.05, 0.1) is 13.2 Å². The fraction of sp³-hybridized carbons (Fsp3) is 0.481. The van der Waals surface area contributed by atoms with Gasteiger partial charge in [0.1, 0.15) is 11.9 Å². The Hall–Kier alpha value is -3.66. The first-order valence-electron chi connectivity index (χ1n) is 12.9. The maximum absolute atomic E-state index is 11.8. The number of benzene rings is 1. The number of aromatic nitrogens is 3. The summed E-state index contributed by atoms with van der Waals surface area (Å²) in [5.74, 6) is 2.41. The lowest BCUT2D eigenvalue weighted by atomic mass is 9.93. The predicted molar refractivity (Wildman–Crippen MR) is 141 cm³/mol. The number of hydrogen-bond acceptors (Lipinski definition) is 9. The van der Waals surface area contributed by atoms with E-state index in [0.717, 1.165) is 55.4 Å². The summed E-state index contributed by atoms with van der Waals surface area (Å²) >= 11 is 0. The lowest BCUT2D eigenvalue weighted by Gasteiger charge is -2.31. The Morgan fingerprint density at radius 2 is 1.89 bits per heavy atom. The first kappa shape index (κ1) is 25.0. The Morgan fingerprint density at radius 1 is 1.11 bits per heavy atom. The second-order valence-electron chi connectivity index (χ2n) is 9.64. The van der Waals surface area contributed by atoms with Gasteiger partial charge in [-0.25, -0.2) is 4.98 Å². The minimum absolute atomic E-state index is 0.0542. The van der Waals surface area contributed by atoms with E-state index >= 15 is 0 Å². The highest BCUT2D eigenvalue weighted by Crippen LogP contribution is 2.32. The smallest absolute Gasteiger partial charge is 0.260 e. The normalized spacial score (nSPS) is 19.9. The lowest BCUT2D eigenvalue weighted by Crippen LogP contribution is -2.37. The van der Waals surface area contributed by atoms with E-state index in [4.69, 9.17) is 19.2 Å². The van der Waals surface area contributed by atoms with Crippen molar-refractivity contribution in [2.45, 2.75) is 37.8 Å². The number of hydrogen-bond donors (Lipinski definition) is 1. The summed E-state index contributed by atoms with van der Waals surface area (Å²) in [6, 6.07) is 12.3. The van der Waals surface area contributed by atoms with Gasteiger partial charge in [-0.15, -0.1) is 0 Å². The number of fused-ring (bicyclic) bond motifs is 1. The topological polar surface area (TPSA) is 102 Å². The lowest BCUT2D eigenvalue weighted by molar-refractivity contribution is -0.130. The number of pyridine rings is 1. The molecule has 2 fully saturated rings. The number of carbonyl (C=O) groups excluding carboxylic acids is 1. The molecule has 1 N–H and O–H groups in total. The third-order valence-corrected chi connectivity index (χ3v) is 6.79. The van der Waals surface area contributed by atoms with Crippen molar-refractivity contribution in [1.29, 1.82) is 0 Å². The van der Waals surface area contributed by atoms with E-state index in [9.17, 15) is 4.79 Å². The maximum Gasteiger partial charge on any atom is 0.260 e. The van der Waals surface area contributed by atoms with E-state index in [1.54, 1.807) is 26.4 Å². The van der Waals surface area contributed by atoms with Crippen molar-refractivity contribution in [2.75, 3.05) is 57.2 Å². The number of morpholine rings is 1. The van der Waals surface area contributed by atoms with Gasteiger partial charge in [0.2, 0.25) is 17.7 Å². The molecule has 3 aromatic rings. The third-order valence-electron chi connectivity index (χ3n) is 6.79. The SMILES string of the molecule is CN(C)C(=O)COc1ccnc(NC2CCC(Oc3nc(N4CCOCC4)cc4ccccc34)CC2)n1. The van der Waals surface area contributed by atoms with Crippen LogP contribution in [0.3, 0.4) is 0 Å². The first-order valence-corrected chi connectivity index (χ1v) is 12.9. The zero-order chi connectivity index (χ0) is 25.6. The molecule has 10 heteroatoms. The average molecular weight is 507 g/mol. The Morgan fingerprint density at radius 3 is 2.68 bits per heavy atom. The van der Waals surface area contributed by atoms with Gasteiger partial charge in [-0.1, -0.05) is 18.2 Å². The highest BCUT2D eigenvalue weighted by molar-refractivity contribution is 5.89. The molecular weight excluding hydrogens is 472 g/mol. The van der Waals surface area contributed by atoms with Crippen LogP contribution in [-0.2, 0) is 9.53 Å². The molecule has 37 heavy (non-hydrogen) atoms.